The predicted molar refractivity (Wildman–Crippen MR) is 94.3 cm³/mol. The molecular formula is C19H18FN3O3. The highest BCUT2D eigenvalue weighted by Gasteiger charge is 2.20. The van der Waals surface area contributed by atoms with Gasteiger partial charge in [-0.2, -0.15) is 0 Å². The van der Waals surface area contributed by atoms with E-state index in [1.54, 1.807) is 19.1 Å². The van der Waals surface area contributed by atoms with Crippen molar-refractivity contribution in [2.75, 3.05) is 19.0 Å². The zero-order chi connectivity index (χ0) is 18.7. The van der Waals surface area contributed by atoms with Crippen LogP contribution in [-0.4, -0.2) is 30.3 Å². The highest BCUT2D eigenvalue weighted by atomic mass is 19.1. The van der Waals surface area contributed by atoms with Crippen molar-refractivity contribution in [1.82, 2.24) is 10.2 Å². The Kier molecular flexibility index (Phi) is 4.97. The number of anilines is 1. The maximum atomic E-state index is 13.0. The molecule has 1 aromatic heterocycles. The summed E-state index contributed by atoms with van der Waals surface area (Å²) in [5.74, 6) is -0.429. The number of esters is 1. The summed E-state index contributed by atoms with van der Waals surface area (Å²) in [4.78, 5) is 14.2. The minimum absolute atomic E-state index is 0.169. The summed E-state index contributed by atoms with van der Waals surface area (Å²) < 4.78 is 23.9. The molecule has 0 N–H and O–H groups in total. The highest BCUT2D eigenvalue weighted by Crippen LogP contribution is 2.23. The van der Waals surface area contributed by atoms with E-state index in [0.717, 1.165) is 5.69 Å². The molecule has 26 heavy (non-hydrogen) atoms. The average Bonchev–Trinajstić information content (AvgIpc) is 3.12. The maximum absolute atomic E-state index is 13.0. The van der Waals surface area contributed by atoms with Crippen LogP contribution >= 0.6 is 0 Å². The van der Waals surface area contributed by atoms with Crippen LogP contribution < -0.4 is 4.90 Å². The smallest absolute Gasteiger partial charge is 0.338 e. The van der Waals surface area contributed by atoms with Crippen molar-refractivity contribution in [3.05, 3.63) is 65.8 Å². The molecule has 0 fully saturated rings. The first-order chi connectivity index (χ1) is 12.4. The Morgan fingerprint density at radius 1 is 1.08 bits per heavy atom. The van der Waals surface area contributed by atoms with Gasteiger partial charge in [0.15, 0.2) is 6.10 Å². The van der Waals surface area contributed by atoms with Crippen LogP contribution in [0.1, 0.15) is 29.3 Å². The Hall–Kier alpha value is -3.22. The van der Waals surface area contributed by atoms with Crippen molar-refractivity contribution >= 4 is 11.7 Å². The summed E-state index contributed by atoms with van der Waals surface area (Å²) in [6, 6.07) is 12.7. The Labute approximate surface area is 150 Å². The minimum Gasteiger partial charge on any atom is -0.449 e. The highest BCUT2D eigenvalue weighted by molar-refractivity contribution is 5.90. The fraction of sp³-hybridized carbons (Fsp3) is 0.211. The van der Waals surface area contributed by atoms with E-state index in [1.165, 1.54) is 24.3 Å². The van der Waals surface area contributed by atoms with E-state index in [0.29, 0.717) is 11.1 Å². The summed E-state index contributed by atoms with van der Waals surface area (Å²) in [5.41, 5.74) is 2.00. The van der Waals surface area contributed by atoms with Gasteiger partial charge in [-0.3, -0.25) is 0 Å². The summed E-state index contributed by atoms with van der Waals surface area (Å²) in [7, 11) is 3.84. The normalized spacial score (nSPS) is 11.8. The van der Waals surface area contributed by atoms with Crippen molar-refractivity contribution in [1.29, 1.82) is 0 Å². The van der Waals surface area contributed by atoms with Crippen molar-refractivity contribution in [3.63, 3.8) is 0 Å². The maximum Gasteiger partial charge on any atom is 0.338 e. The van der Waals surface area contributed by atoms with Gasteiger partial charge in [0.05, 0.1) is 5.56 Å². The van der Waals surface area contributed by atoms with Gasteiger partial charge in [0.25, 0.3) is 5.89 Å². The van der Waals surface area contributed by atoms with E-state index in [2.05, 4.69) is 10.2 Å². The number of rotatable bonds is 5. The number of carbonyl (C=O) groups excluding carboxylic acids is 1. The molecule has 0 radical (unpaired) electrons. The lowest BCUT2D eigenvalue weighted by atomic mass is 10.2. The SMILES string of the molecule is C[C@@H](OC(=O)c1ccc(N(C)C)cc1)c1nnc(-c2ccc(F)cc2)o1. The van der Waals surface area contributed by atoms with E-state index in [1.807, 2.05) is 31.1 Å². The number of benzene rings is 2. The number of aromatic nitrogens is 2. The van der Waals surface area contributed by atoms with Gasteiger partial charge < -0.3 is 14.1 Å². The molecule has 0 unspecified atom stereocenters. The van der Waals surface area contributed by atoms with Gasteiger partial charge in [-0.25, -0.2) is 9.18 Å². The predicted octanol–water partition coefficient (Wildman–Crippen LogP) is 3.86. The standard InChI is InChI=1S/C19H18FN3O3/c1-12(25-19(24)14-6-10-16(11-7-14)23(2)3)17-21-22-18(26-17)13-4-8-15(20)9-5-13/h4-12H,1-3H3/t12-/m1/s1. The molecule has 0 aliphatic rings. The van der Waals surface area contributed by atoms with Crippen LogP contribution in [-0.2, 0) is 4.74 Å². The molecule has 0 bridgehead atoms. The first-order valence-electron chi connectivity index (χ1n) is 8.02. The topological polar surface area (TPSA) is 68.5 Å². The van der Waals surface area contributed by atoms with Gasteiger partial charge in [-0.1, -0.05) is 0 Å². The lowest BCUT2D eigenvalue weighted by Crippen LogP contribution is -2.11. The molecule has 0 saturated heterocycles. The minimum atomic E-state index is -0.710. The number of hydrogen-bond acceptors (Lipinski definition) is 6. The monoisotopic (exact) mass is 355 g/mol. The second kappa shape index (κ2) is 7.35. The second-order valence-corrected chi connectivity index (χ2v) is 5.94. The van der Waals surface area contributed by atoms with Gasteiger partial charge in [0.2, 0.25) is 5.89 Å². The van der Waals surface area contributed by atoms with Gasteiger partial charge in [-0.15, -0.1) is 10.2 Å². The molecule has 0 amide bonds. The number of halogens is 1. The van der Waals surface area contributed by atoms with Crippen LogP contribution in [0.4, 0.5) is 10.1 Å². The summed E-state index contributed by atoms with van der Waals surface area (Å²) in [5, 5.41) is 7.82. The number of hydrogen-bond donors (Lipinski definition) is 0. The quantitative estimate of drug-likeness (QED) is 0.648. The van der Waals surface area contributed by atoms with Crippen LogP contribution in [0.5, 0.6) is 0 Å². The Balaban J connectivity index is 1.68. The molecule has 0 aliphatic carbocycles. The molecule has 1 atom stereocenters. The third-order valence-corrected chi connectivity index (χ3v) is 3.78. The molecule has 0 aliphatic heterocycles. The zero-order valence-corrected chi connectivity index (χ0v) is 14.6. The summed E-state index contributed by atoms with van der Waals surface area (Å²) >= 11 is 0. The van der Waals surface area contributed by atoms with E-state index in [-0.39, 0.29) is 17.6 Å². The lowest BCUT2D eigenvalue weighted by molar-refractivity contribution is 0.0280. The first-order valence-corrected chi connectivity index (χ1v) is 8.02. The van der Waals surface area contributed by atoms with Crippen LogP contribution in [0.15, 0.2) is 52.9 Å². The average molecular weight is 355 g/mol. The van der Waals surface area contributed by atoms with Crippen molar-refractivity contribution in [2.24, 2.45) is 0 Å². The number of carbonyl (C=O) groups is 1. The Bertz CT molecular complexity index is 889. The van der Waals surface area contributed by atoms with Gasteiger partial charge in [0, 0.05) is 25.3 Å². The van der Waals surface area contributed by atoms with Crippen molar-refractivity contribution in [2.45, 2.75) is 13.0 Å². The third kappa shape index (κ3) is 3.88. The third-order valence-electron chi connectivity index (χ3n) is 3.78. The molecule has 6 nitrogen and oxygen atoms in total. The molecule has 0 saturated carbocycles. The number of ether oxygens (including phenoxy) is 1. The van der Waals surface area contributed by atoms with E-state index >= 15 is 0 Å². The largest absolute Gasteiger partial charge is 0.449 e. The molecule has 3 rings (SSSR count). The van der Waals surface area contributed by atoms with Crippen LogP contribution in [0.3, 0.4) is 0 Å². The van der Waals surface area contributed by atoms with E-state index in [4.69, 9.17) is 9.15 Å². The summed E-state index contributed by atoms with van der Waals surface area (Å²) in [6.45, 7) is 1.65. The molecule has 7 heteroatoms. The number of nitrogens with zero attached hydrogens (tertiary/aromatic N) is 3. The first kappa shape index (κ1) is 17.6. The molecule has 2 aromatic carbocycles. The summed E-state index contributed by atoms with van der Waals surface area (Å²) in [6.07, 6.45) is -0.710. The van der Waals surface area contributed by atoms with E-state index < -0.39 is 12.1 Å². The van der Waals surface area contributed by atoms with Crippen LogP contribution in [0.2, 0.25) is 0 Å². The molecule has 134 valence electrons. The van der Waals surface area contributed by atoms with Crippen molar-refractivity contribution < 1.29 is 18.3 Å². The van der Waals surface area contributed by atoms with Crippen molar-refractivity contribution in [3.8, 4) is 11.5 Å². The lowest BCUT2D eigenvalue weighted by Gasteiger charge is -2.13. The molecule has 3 aromatic rings. The van der Waals surface area contributed by atoms with Crippen LogP contribution in [0.25, 0.3) is 11.5 Å². The van der Waals surface area contributed by atoms with Gasteiger partial charge >= 0.3 is 5.97 Å². The van der Waals surface area contributed by atoms with Gasteiger partial charge in [-0.05, 0) is 55.5 Å². The Morgan fingerprint density at radius 3 is 2.35 bits per heavy atom. The Morgan fingerprint density at radius 2 is 1.73 bits per heavy atom. The van der Waals surface area contributed by atoms with E-state index in [9.17, 15) is 9.18 Å². The zero-order valence-electron chi connectivity index (χ0n) is 14.6. The van der Waals surface area contributed by atoms with Crippen LogP contribution in [0, 0.1) is 5.82 Å². The fourth-order valence-electron chi connectivity index (χ4n) is 2.28. The van der Waals surface area contributed by atoms with Gasteiger partial charge in [0.1, 0.15) is 5.82 Å². The second-order valence-electron chi connectivity index (χ2n) is 5.94. The fourth-order valence-corrected chi connectivity index (χ4v) is 2.28. The molecule has 0 spiro atoms. The molecule has 1 heterocycles. The molecular weight excluding hydrogens is 337 g/mol.